The maximum Gasteiger partial charge on any atom is 0.405 e. The Balaban J connectivity index is 1.57. The topological polar surface area (TPSA) is 132 Å². The lowest BCUT2D eigenvalue weighted by atomic mass is 10.1. The Morgan fingerprint density at radius 2 is 1.97 bits per heavy atom. The van der Waals surface area contributed by atoms with E-state index >= 15 is 0 Å². The van der Waals surface area contributed by atoms with Crippen LogP contribution in [0, 0.1) is 11.3 Å². The molecule has 0 radical (unpaired) electrons. The van der Waals surface area contributed by atoms with Gasteiger partial charge in [0.15, 0.2) is 0 Å². The monoisotopic (exact) mass is 480 g/mol. The third-order valence-corrected chi connectivity index (χ3v) is 5.08. The first-order valence-corrected chi connectivity index (χ1v) is 10.5. The van der Waals surface area contributed by atoms with E-state index in [9.17, 15) is 18.0 Å². The van der Waals surface area contributed by atoms with Crippen molar-refractivity contribution in [2.75, 3.05) is 11.9 Å². The molecule has 35 heavy (non-hydrogen) atoms. The Kier molecular flexibility index (Phi) is 6.59. The highest BCUT2D eigenvalue weighted by molar-refractivity contribution is 5.95. The maximum atomic E-state index is 12.3. The maximum absolute atomic E-state index is 12.3. The molecule has 1 amide bonds. The van der Waals surface area contributed by atoms with Crippen LogP contribution in [0.15, 0.2) is 49.2 Å². The van der Waals surface area contributed by atoms with Gasteiger partial charge in [0, 0.05) is 40.7 Å². The molecule has 4 rings (SSSR count). The van der Waals surface area contributed by atoms with Gasteiger partial charge in [-0.2, -0.15) is 18.4 Å². The van der Waals surface area contributed by atoms with Crippen LogP contribution in [0.3, 0.4) is 0 Å². The molecular weight excluding hydrogens is 461 g/mol. The lowest BCUT2D eigenvalue weighted by Gasteiger charge is -2.15. The molecule has 4 aromatic heterocycles. The molecule has 3 N–H and O–H groups in total. The summed E-state index contributed by atoms with van der Waals surface area (Å²) in [5.41, 5.74) is 4.12. The predicted octanol–water partition coefficient (Wildman–Crippen LogP) is 3.63. The van der Waals surface area contributed by atoms with Gasteiger partial charge in [-0.15, -0.1) is 0 Å². The van der Waals surface area contributed by atoms with E-state index in [0.717, 1.165) is 16.5 Å². The molecule has 4 heterocycles. The molecule has 0 aromatic carbocycles. The van der Waals surface area contributed by atoms with Crippen LogP contribution >= 0.6 is 0 Å². The van der Waals surface area contributed by atoms with Crippen molar-refractivity contribution in [1.82, 2.24) is 30.2 Å². The first-order valence-electron chi connectivity index (χ1n) is 10.5. The average molecular weight is 480 g/mol. The van der Waals surface area contributed by atoms with Crippen molar-refractivity contribution in [2.45, 2.75) is 25.6 Å². The molecular formula is C23H19F3N8O. The van der Waals surface area contributed by atoms with E-state index < -0.39 is 24.7 Å². The number of nitriles is 1. The summed E-state index contributed by atoms with van der Waals surface area (Å²) in [5.74, 6) is -0.585. The number of amides is 1. The molecule has 1 atom stereocenters. The first-order chi connectivity index (χ1) is 16.7. The molecule has 0 saturated heterocycles. The third-order valence-electron chi connectivity index (χ3n) is 5.08. The van der Waals surface area contributed by atoms with Gasteiger partial charge in [0.05, 0.1) is 36.3 Å². The minimum atomic E-state index is -4.49. The summed E-state index contributed by atoms with van der Waals surface area (Å²) in [6, 6.07) is 6.67. The smallest absolute Gasteiger partial charge is 0.357 e. The molecule has 0 spiro atoms. The van der Waals surface area contributed by atoms with Crippen molar-refractivity contribution in [1.29, 1.82) is 5.26 Å². The van der Waals surface area contributed by atoms with Crippen molar-refractivity contribution < 1.29 is 18.0 Å². The number of H-pyrrole nitrogens is 1. The van der Waals surface area contributed by atoms with E-state index in [4.69, 9.17) is 5.26 Å². The van der Waals surface area contributed by atoms with E-state index in [1.54, 1.807) is 24.7 Å². The zero-order chi connectivity index (χ0) is 25.0. The van der Waals surface area contributed by atoms with Crippen LogP contribution in [-0.4, -0.2) is 49.6 Å². The van der Waals surface area contributed by atoms with Crippen LogP contribution in [0.25, 0.3) is 33.4 Å². The van der Waals surface area contributed by atoms with Crippen molar-refractivity contribution >= 4 is 22.8 Å². The Labute approximate surface area is 197 Å². The van der Waals surface area contributed by atoms with Gasteiger partial charge in [-0.3, -0.25) is 14.8 Å². The summed E-state index contributed by atoms with van der Waals surface area (Å²) >= 11 is 0. The molecule has 9 nitrogen and oxygen atoms in total. The summed E-state index contributed by atoms with van der Waals surface area (Å²) in [6.45, 7) is 0.0166. The second-order valence-electron chi connectivity index (χ2n) is 7.68. The minimum absolute atomic E-state index is 0.227. The highest BCUT2D eigenvalue weighted by atomic mass is 19.4. The molecule has 0 saturated carbocycles. The second-order valence-corrected chi connectivity index (χ2v) is 7.68. The number of carbonyl (C=O) groups is 1. The number of alkyl halides is 3. The zero-order valence-electron chi connectivity index (χ0n) is 18.4. The molecule has 0 fully saturated rings. The largest absolute Gasteiger partial charge is 0.405 e. The summed E-state index contributed by atoms with van der Waals surface area (Å²) in [6.07, 6.45) is 3.75. The standard InChI is InChI=1S/C23H19F3N8O/c1-13(22(35)32-12-23(24,25)26)33-20-11-28-10-19(34-20)18-9-31-21-17(18)6-15(8-30-21)14-2-3-16(4-5-27)29-7-14/h2-3,6-11,13H,4,12H2,1H3,(H,30,31)(H,32,35)(H,33,34)/t13-/m1/s1. The fourth-order valence-corrected chi connectivity index (χ4v) is 3.35. The molecule has 0 unspecified atom stereocenters. The van der Waals surface area contributed by atoms with Gasteiger partial charge in [-0.25, -0.2) is 9.97 Å². The summed E-state index contributed by atoms with van der Waals surface area (Å²) in [7, 11) is 0. The van der Waals surface area contributed by atoms with Crippen LogP contribution in [0.5, 0.6) is 0 Å². The Bertz CT molecular complexity index is 1390. The number of aromatic nitrogens is 5. The van der Waals surface area contributed by atoms with Crippen molar-refractivity contribution in [3.8, 4) is 28.5 Å². The average Bonchev–Trinajstić information content (AvgIpc) is 3.26. The van der Waals surface area contributed by atoms with E-state index in [0.29, 0.717) is 22.6 Å². The van der Waals surface area contributed by atoms with Crippen LogP contribution in [-0.2, 0) is 11.2 Å². The molecule has 178 valence electrons. The summed E-state index contributed by atoms with van der Waals surface area (Å²) < 4.78 is 37.0. The number of rotatable bonds is 7. The van der Waals surface area contributed by atoms with Crippen LogP contribution in [0.2, 0.25) is 0 Å². The number of hydrogen-bond acceptors (Lipinski definition) is 7. The molecule has 0 aliphatic heterocycles. The second kappa shape index (κ2) is 9.76. The number of anilines is 1. The number of nitrogens with one attached hydrogen (secondary N) is 3. The number of aromatic amines is 1. The SMILES string of the molecule is C[C@@H](Nc1cncc(-c2c[nH]c3ncc(-c4ccc(CC#N)nc4)cc23)n1)C(=O)NCC(F)(F)F. The summed E-state index contributed by atoms with van der Waals surface area (Å²) in [5, 5.41) is 14.2. The van der Waals surface area contributed by atoms with E-state index in [1.807, 2.05) is 17.4 Å². The molecule has 0 bridgehead atoms. The molecule has 0 aliphatic carbocycles. The number of pyridine rings is 2. The normalized spacial score (nSPS) is 12.2. The number of hydrogen-bond donors (Lipinski definition) is 3. The highest BCUT2D eigenvalue weighted by Gasteiger charge is 2.28. The van der Waals surface area contributed by atoms with Crippen molar-refractivity contribution in [2.24, 2.45) is 0 Å². The summed E-state index contributed by atoms with van der Waals surface area (Å²) in [4.78, 5) is 32.4. The van der Waals surface area contributed by atoms with Crippen LogP contribution in [0.4, 0.5) is 19.0 Å². The van der Waals surface area contributed by atoms with Gasteiger partial charge < -0.3 is 15.6 Å². The first kappa shape index (κ1) is 23.6. The fourth-order valence-electron chi connectivity index (χ4n) is 3.35. The van der Waals surface area contributed by atoms with Crippen molar-refractivity contribution in [3.05, 3.63) is 54.9 Å². The van der Waals surface area contributed by atoms with Crippen LogP contribution < -0.4 is 10.6 Å². The molecule has 0 aliphatic rings. The van der Waals surface area contributed by atoms with Gasteiger partial charge in [0.25, 0.3) is 0 Å². The third kappa shape index (κ3) is 5.70. The number of fused-ring (bicyclic) bond motifs is 1. The van der Waals surface area contributed by atoms with E-state index in [2.05, 4.69) is 36.3 Å². The Morgan fingerprint density at radius 1 is 1.17 bits per heavy atom. The van der Waals surface area contributed by atoms with Gasteiger partial charge in [-0.05, 0) is 19.1 Å². The van der Waals surface area contributed by atoms with Gasteiger partial charge in [0.1, 0.15) is 24.1 Å². The minimum Gasteiger partial charge on any atom is -0.357 e. The lowest BCUT2D eigenvalue weighted by molar-refractivity contribution is -0.138. The van der Waals surface area contributed by atoms with E-state index in [-0.39, 0.29) is 12.2 Å². The van der Waals surface area contributed by atoms with Gasteiger partial charge in [-0.1, -0.05) is 6.07 Å². The lowest BCUT2D eigenvalue weighted by Crippen LogP contribution is -2.42. The Hall–Kier alpha value is -4.53. The van der Waals surface area contributed by atoms with E-state index in [1.165, 1.54) is 19.3 Å². The Morgan fingerprint density at radius 3 is 2.69 bits per heavy atom. The molecule has 12 heteroatoms. The van der Waals surface area contributed by atoms with Crippen LogP contribution in [0.1, 0.15) is 12.6 Å². The number of nitrogens with zero attached hydrogens (tertiary/aromatic N) is 5. The number of halogens is 3. The van der Waals surface area contributed by atoms with Gasteiger partial charge in [0.2, 0.25) is 5.91 Å². The highest BCUT2D eigenvalue weighted by Crippen LogP contribution is 2.30. The van der Waals surface area contributed by atoms with Gasteiger partial charge >= 0.3 is 6.18 Å². The fraction of sp³-hybridized carbons (Fsp3) is 0.217. The number of carbonyl (C=O) groups excluding carboxylic acids is 1. The molecule has 4 aromatic rings. The van der Waals surface area contributed by atoms with Crippen molar-refractivity contribution in [3.63, 3.8) is 0 Å². The quantitative estimate of drug-likeness (QED) is 0.368. The zero-order valence-corrected chi connectivity index (χ0v) is 18.4. The predicted molar refractivity (Wildman–Crippen MR) is 122 cm³/mol.